The van der Waals surface area contributed by atoms with Gasteiger partial charge in [0.25, 0.3) is 0 Å². The van der Waals surface area contributed by atoms with Crippen LogP contribution in [0.1, 0.15) is 282 Å². The minimum atomic E-state index is -0.381. The van der Waals surface area contributed by atoms with Crippen molar-refractivity contribution in [2.24, 2.45) is 21.7 Å². The molecular weight excluding hydrogens is 1530 g/mol. The summed E-state index contributed by atoms with van der Waals surface area (Å²) < 4.78 is 14.2. The summed E-state index contributed by atoms with van der Waals surface area (Å²) in [5.41, 5.74) is 18.2. The van der Waals surface area contributed by atoms with Gasteiger partial charge in [-0.15, -0.1) is 0 Å². The van der Waals surface area contributed by atoms with Crippen LogP contribution in [0.2, 0.25) is 0 Å². The molecule has 19 rings (SSSR count). The molecule has 4 aliphatic carbocycles. The molecule has 656 valence electrons. The lowest BCUT2D eigenvalue weighted by atomic mass is 9.72. The average Bonchev–Trinajstić information content (AvgIpc) is 1.62. The highest BCUT2D eigenvalue weighted by atomic mass is 16.5. The van der Waals surface area contributed by atoms with E-state index < -0.39 is 0 Å². The van der Waals surface area contributed by atoms with Crippen LogP contribution in [0, 0.1) is 21.7 Å². The summed E-state index contributed by atoms with van der Waals surface area (Å²) in [4.78, 5) is 21.3. The summed E-state index contributed by atoms with van der Waals surface area (Å²) in [5.74, 6) is 0.987. The normalized spacial score (nSPS) is 25.5. The van der Waals surface area contributed by atoms with Gasteiger partial charge in [-0.2, -0.15) is 20.4 Å². The quantitative estimate of drug-likeness (QED) is 0.0502. The van der Waals surface area contributed by atoms with Crippen LogP contribution in [0.5, 0.6) is 0 Å². The van der Waals surface area contributed by atoms with E-state index in [1.807, 2.05) is 13.8 Å². The van der Waals surface area contributed by atoms with Crippen LogP contribution in [0.3, 0.4) is 0 Å². The lowest BCUT2D eigenvalue weighted by molar-refractivity contribution is 0.0474. The monoisotopic (exact) mass is 1670 g/mol. The lowest BCUT2D eigenvalue weighted by Gasteiger charge is -2.34. The first-order chi connectivity index (χ1) is 59.6. The Morgan fingerprint density at radius 1 is 0.382 bits per heavy atom. The molecule has 0 radical (unpaired) electrons. The Bertz CT molecular complexity index is 5190. The molecule has 0 bridgehead atoms. The van der Waals surface area contributed by atoms with Crippen molar-refractivity contribution in [2.75, 3.05) is 72.7 Å². The minimum Gasteiger partial charge on any atom is -0.453 e. The molecule has 7 aromatic carbocycles. The number of aliphatic hydroxyl groups is 4. The van der Waals surface area contributed by atoms with Crippen molar-refractivity contribution in [2.45, 2.75) is 277 Å². The molecule has 2 unspecified atom stereocenters. The molecule has 18 heteroatoms. The highest BCUT2D eigenvalue weighted by Crippen LogP contribution is 2.51. The third-order valence-electron chi connectivity index (χ3n) is 30.9. The van der Waals surface area contributed by atoms with E-state index in [2.05, 4.69) is 253 Å². The number of rotatable bonds is 22. The molecule has 10 atom stereocenters. The highest BCUT2D eigenvalue weighted by Gasteiger charge is 2.50. The number of hydrogen-bond donors (Lipinski definition) is 4. The summed E-state index contributed by atoms with van der Waals surface area (Å²) >= 11 is 0. The van der Waals surface area contributed by atoms with Gasteiger partial charge in [0.15, 0.2) is 0 Å². The number of likely N-dealkylation sites (tertiary alicyclic amines) is 4. The smallest absolute Gasteiger partial charge is 0.409 e. The number of ether oxygens (including phenoxy) is 1. The van der Waals surface area contributed by atoms with Crippen LogP contribution < -0.4 is 0 Å². The summed E-state index contributed by atoms with van der Waals surface area (Å²) in [6.45, 7) is 31.3. The van der Waals surface area contributed by atoms with Gasteiger partial charge in [-0.05, 0) is 154 Å². The average molecular weight is 1670 g/mol. The summed E-state index contributed by atoms with van der Waals surface area (Å²) in [7, 11) is 1.41. The second kappa shape index (κ2) is 37.9. The number of nitrogens with zero attached hydrogens (tertiary/aromatic N) is 12. The summed E-state index contributed by atoms with van der Waals surface area (Å²) in [6, 6.07) is 61.7. The van der Waals surface area contributed by atoms with Crippen LogP contribution in [0.4, 0.5) is 4.79 Å². The molecule has 18 nitrogen and oxygen atoms in total. The van der Waals surface area contributed by atoms with Crippen molar-refractivity contribution in [3.8, 4) is 0 Å². The molecule has 4 saturated carbocycles. The third kappa shape index (κ3) is 18.0. The van der Waals surface area contributed by atoms with Gasteiger partial charge in [0, 0.05) is 139 Å². The van der Waals surface area contributed by atoms with Gasteiger partial charge in [0.1, 0.15) is 0 Å². The number of aryl methyl sites for hydroxylation is 4. The van der Waals surface area contributed by atoms with E-state index in [-0.39, 0.29) is 59.1 Å². The van der Waals surface area contributed by atoms with E-state index in [9.17, 15) is 25.2 Å². The topological polar surface area (TPSA) is 191 Å². The van der Waals surface area contributed by atoms with Crippen molar-refractivity contribution in [3.05, 3.63) is 226 Å². The zero-order valence-corrected chi connectivity index (χ0v) is 75.7. The SMILES string of the molecule is CCc1nn(C2CCCC2)c2cc([C@@H]3CN(C(=O)OC)C[C@@]3(C)CO)ccc12.CCc1nn(C2CCCC2)c2cc([C@@H]3CN(Cc4ccccc4)C[C@@]3(C)C(C)O)ccc12.CCc1nn(C2CCCC2)c2cc([C@@H]3CN(Cc4ccccc4)C[C@@]3(C)C(C)O)ccc12.CCc1nn(C2CCCC2)c2cc([C@@H]3CN(Cc4ccccc4)C[C@@]3(C)CO)ccc12. The van der Waals surface area contributed by atoms with Crippen molar-refractivity contribution < 1.29 is 30.0 Å². The number of carbonyl (C=O) groups excluding carboxylic acids is 1. The van der Waals surface area contributed by atoms with E-state index in [1.165, 1.54) is 204 Å². The number of fused-ring (bicyclic) bond motifs is 4. The summed E-state index contributed by atoms with van der Waals surface area (Å²) in [5, 5.41) is 67.5. The molecule has 0 spiro atoms. The predicted molar refractivity (Wildman–Crippen MR) is 497 cm³/mol. The number of methoxy groups -OCH3 is 1. The molecule has 4 aromatic heterocycles. The number of amides is 1. The first kappa shape index (κ1) is 87.9. The lowest BCUT2D eigenvalue weighted by Crippen LogP contribution is -2.37. The van der Waals surface area contributed by atoms with Gasteiger partial charge in [0.05, 0.1) is 102 Å². The molecule has 8 heterocycles. The molecule has 4 N–H and O–H groups in total. The number of aliphatic hydroxyl groups excluding tert-OH is 4. The number of carbonyl (C=O) groups is 1. The predicted octanol–water partition coefficient (Wildman–Crippen LogP) is 20.6. The maximum absolute atomic E-state index is 12.1. The van der Waals surface area contributed by atoms with Gasteiger partial charge in [-0.1, -0.05) is 246 Å². The van der Waals surface area contributed by atoms with Crippen LogP contribution in [-0.2, 0) is 50.1 Å². The third-order valence-corrected chi connectivity index (χ3v) is 30.9. The van der Waals surface area contributed by atoms with E-state index in [0.29, 0.717) is 55.0 Å². The maximum Gasteiger partial charge on any atom is 0.409 e. The Morgan fingerprint density at radius 2 is 0.650 bits per heavy atom. The van der Waals surface area contributed by atoms with Gasteiger partial charge in [-0.3, -0.25) is 33.4 Å². The molecule has 8 fully saturated rings. The molecule has 8 aliphatic rings. The first-order valence-electron chi connectivity index (χ1n) is 47.3. The Kier molecular flexibility index (Phi) is 27.1. The second-order valence-corrected chi connectivity index (χ2v) is 39.4. The first-order valence-corrected chi connectivity index (χ1v) is 47.3. The fraction of sp³-hybridized carbons (Fsp3) is 0.552. The maximum atomic E-state index is 12.1. The van der Waals surface area contributed by atoms with Gasteiger partial charge < -0.3 is 30.1 Å². The Labute approximate surface area is 731 Å². The molecule has 4 saturated heterocycles. The molecule has 123 heavy (non-hydrogen) atoms. The number of aromatic nitrogens is 8. The number of benzene rings is 7. The van der Waals surface area contributed by atoms with Crippen LogP contribution in [0.25, 0.3) is 43.6 Å². The largest absolute Gasteiger partial charge is 0.453 e. The zero-order chi connectivity index (χ0) is 85.9. The van der Waals surface area contributed by atoms with Gasteiger partial charge in [0.2, 0.25) is 0 Å². The summed E-state index contributed by atoms with van der Waals surface area (Å²) in [6.07, 6.45) is 23.0. The van der Waals surface area contributed by atoms with Gasteiger partial charge >= 0.3 is 6.09 Å². The van der Waals surface area contributed by atoms with E-state index in [4.69, 9.17) is 25.1 Å². The van der Waals surface area contributed by atoms with E-state index in [0.717, 1.165) is 95.8 Å². The fourth-order valence-corrected chi connectivity index (χ4v) is 23.3. The zero-order valence-electron chi connectivity index (χ0n) is 75.7. The Hall–Kier alpha value is -8.59. The van der Waals surface area contributed by atoms with E-state index >= 15 is 0 Å². The van der Waals surface area contributed by atoms with Crippen molar-refractivity contribution in [1.29, 1.82) is 0 Å². The van der Waals surface area contributed by atoms with Crippen molar-refractivity contribution >= 4 is 49.7 Å². The van der Waals surface area contributed by atoms with Gasteiger partial charge in [-0.25, -0.2) is 4.79 Å². The Morgan fingerprint density at radius 3 is 0.927 bits per heavy atom. The van der Waals surface area contributed by atoms with Crippen LogP contribution in [-0.4, -0.2) is 170 Å². The molecular formula is C105H140N12O6. The second-order valence-electron chi connectivity index (χ2n) is 39.4. The Balaban J connectivity index is 0.000000122. The fourth-order valence-electron chi connectivity index (χ4n) is 23.3. The molecule has 4 aliphatic heterocycles. The highest BCUT2D eigenvalue weighted by molar-refractivity contribution is 5.86. The van der Waals surface area contributed by atoms with Crippen LogP contribution in [0.15, 0.2) is 164 Å². The minimum absolute atomic E-state index is 0.0330. The number of hydrogen-bond acceptors (Lipinski definition) is 13. The standard InChI is InChI=1S/2C28H37N3O.C27H35N3O.C22H31N3O3/c2*1-4-26-24-15-14-22(16-27(24)31(29-26)23-12-8-9-13-23)25-18-30(19-28(25,3)20(2)32)17-21-10-6-5-7-11-21;1-3-25-23-14-13-21(15-26(23)30(28-25)22-11-7-8-12-22)24-17-29(18-27(24,2)19-31)16-20-9-5-4-6-10-20;1-4-19-17-10-9-15(11-20(17)25(23-19)16-7-5-6-8-16)18-12-24(21(27)28-3)13-22(18,2)14-26/h2*5-7,10-11,14-16,20,23,25,32H,4,8-9,12-13,17-19H2,1-3H3;4-6,9-10,13-15,22,24,31H,3,7-8,11-12,16-19H2,1-2H3;9-11,16,18,26H,4-8,12-14H2,1-3H3/t2*20?,25-,28-;24-,27-;18-,22-/m0000/s1. The van der Waals surface area contributed by atoms with Crippen molar-refractivity contribution in [3.63, 3.8) is 0 Å². The molecule has 1 amide bonds. The van der Waals surface area contributed by atoms with Crippen molar-refractivity contribution in [1.82, 2.24) is 58.7 Å². The molecule has 11 aromatic rings. The van der Waals surface area contributed by atoms with Crippen LogP contribution >= 0.6 is 0 Å². The van der Waals surface area contributed by atoms with E-state index in [1.54, 1.807) is 4.90 Å².